The van der Waals surface area contributed by atoms with E-state index in [1.54, 1.807) is 0 Å². The van der Waals surface area contributed by atoms with Crippen LogP contribution in [-0.4, -0.2) is 15.7 Å². The van der Waals surface area contributed by atoms with Gasteiger partial charge in [0.1, 0.15) is 0 Å². The van der Waals surface area contributed by atoms with Crippen LogP contribution in [0.1, 0.15) is 28.1 Å². The van der Waals surface area contributed by atoms with Gasteiger partial charge in [0.15, 0.2) is 0 Å². The average molecular weight is 333 g/mol. The minimum absolute atomic E-state index is 0.0205. The first kappa shape index (κ1) is 17.0. The maximum Gasteiger partial charge on any atom is 0.228 e. The number of rotatable bonds is 5. The number of aryl methyl sites for hydroxylation is 2. The van der Waals surface area contributed by atoms with E-state index in [0.717, 1.165) is 22.6 Å². The van der Waals surface area contributed by atoms with Gasteiger partial charge in [-0.25, -0.2) is 0 Å². The molecule has 0 atom stereocenters. The molecule has 0 saturated heterocycles. The number of carbonyl (C=O) groups is 1. The van der Waals surface area contributed by atoms with Crippen LogP contribution in [0.15, 0.2) is 54.6 Å². The van der Waals surface area contributed by atoms with E-state index in [1.165, 1.54) is 11.1 Å². The summed E-state index contributed by atoms with van der Waals surface area (Å²) in [5, 5.41) is 7.63. The van der Waals surface area contributed by atoms with Crippen LogP contribution < -0.4 is 5.32 Å². The predicted octanol–water partition coefficient (Wildman–Crippen LogP) is 4.04. The first-order valence-corrected chi connectivity index (χ1v) is 8.47. The molecule has 0 radical (unpaired) electrons. The lowest BCUT2D eigenvalue weighted by molar-refractivity contribution is -0.115. The summed E-state index contributed by atoms with van der Waals surface area (Å²) in [5.41, 5.74) is 6.10. The number of aromatic nitrogens is 2. The molecule has 1 N–H and O–H groups in total. The Morgan fingerprint density at radius 3 is 2.40 bits per heavy atom. The van der Waals surface area contributed by atoms with Crippen LogP contribution in [0.3, 0.4) is 0 Å². The molecule has 3 rings (SSSR count). The molecule has 1 heterocycles. The fourth-order valence-electron chi connectivity index (χ4n) is 2.95. The number of nitrogens with zero attached hydrogens (tertiary/aromatic N) is 2. The van der Waals surface area contributed by atoms with Gasteiger partial charge in [-0.15, -0.1) is 0 Å². The second-order valence-corrected chi connectivity index (χ2v) is 6.34. The Labute approximate surface area is 148 Å². The summed E-state index contributed by atoms with van der Waals surface area (Å²) in [5.74, 6) is -0.0205. The SMILES string of the molecule is Cc1ccccc1Cn1nc(C)c(NC(=O)Cc2ccccc2)c1C. The fraction of sp³-hybridized carbons (Fsp3) is 0.238. The van der Waals surface area contributed by atoms with Crippen molar-refractivity contribution in [1.82, 2.24) is 9.78 Å². The first-order chi connectivity index (χ1) is 12.0. The Balaban J connectivity index is 1.76. The Hall–Kier alpha value is -2.88. The van der Waals surface area contributed by atoms with Gasteiger partial charge >= 0.3 is 0 Å². The van der Waals surface area contributed by atoms with Crippen molar-refractivity contribution >= 4 is 11.6 Å². The summed E-state index contributed by atoms with van der Waals surface area (Å²) in [6.45, 7) is 6.73. The smallest absolute Gasteiger partial charge is 0.228 e. The van der Waals surface area contributed by atoms with Crippen molar-refractivity contribution in [1.29, 1.82) is 0 Å². The summed E-state index contributed by atoms with van der Waals surface area (Å²) >= 11 is 0. The maximum absolute atomic E-state index is 12.4. The summed E-state index contributed by atoms with van der Waals surface area (Å²) < 4.78 is 1.95. The van der Waals surface area contributed by atoms with Crippen LogP contribution in [0, 0.1) is 20.8 Å². The van der Waals surface area contributed by atoms with E-state index in [4.69, 9.17) is 0 Å². The number of benzene rings is 2. The molecular formula is C21H23N3O. The van der Waals surface area contributed by atoms with Gasteiger partial charge < -0.3 is 5.32 Å². The summed E-state index contributed by atoms with van der Waals surface area (Å²) in [4.78, 5) is 12.4. The number of amides is 1. The van der Waals surface area contributed by atoms with Gasteiger partial charge in [0.05, 0.1) is 30.0 Å². The van der Waals surface area contributed by atoms with Gasteiger partial charge in [-0.3, -0.25) is 9.48 Å². The minimum Gasteiger partial charge on any atom is -0.323 e. The van der Waals surface area contributed by atoms with Crippen molar-refractivity contribution in [3.63, 3.8) is 0 Å². The molecule has 4 nitrogen and oxygen atoms in total. The largest absolute Gasteiger partial charge is 0.323 e. The molecule has 0 bridgehead atoms. The van der Waals surface area contributed by atoms with Crippen molar-refractivity contribution in [2.24, 2.45) is 0 Å². The molecule has 25 heavy (non-hydrogen) atoms. The van der Waals surface area contributed by atoms with Crippen molar-refractivity contribution in [2.75, 3.05) is 5.32 Å². The normalized spacial score (nSPS) is 10.7. The lowest BCUT2D eigenvalue weighted by Crippen LogP contribution is -2.15. The molecule has 0 aliphatic rings. The van der Waals surface area contributed by atoms with Crippen molar-refractivity contribution < 1.29 is 4.79 Å². The molecule has 4 heteroatoms. The van der Waals surface area contributed by atoms with Crippen LogP contribution in [0.25, 0.3) is 0 Å². The number of carbonyl (C=O) groups excluding carboxylic acids is 1. The molecule has 0 spiro atoms. The Kier molecular flexibility index (Phi) is 4.98. The Morgan fingerprint density at radius 1 is 1.00 bits per heavy atom. The molecule has 0 fully saturated rings. The van der Waals surface area contributed by atoms with Crippen LogP contribution in [-0.2, 0) is 17.8 Å². The molecule has 0 aliphatic carbocycles. The van der Waals surface area contributed by atoms with Gasteiger partial charge in [-0.2, -0.15) is 5.10 Å². The van der Waals surface area contributed by atoms with Gasteiger partial charge in [0.2, 0.25) is 5.91 Å². The van der Waals surface area contributed by atoms with Crippen molar-refractivity contribution in [3.05, 3.63) is 82.7 Å². The average Bonchev–Trinajstić information content (AvgIpc) is 2.85. The molecule has 0 aliphatic heterocycles. The second kappa shape index (κ2) is 7.34. The Bertz CT molecular complexity index is 881. The predicted molar refractivity (Wildman–Crippen MR) is 101 cm³/mol. The standard InChI is InChI=1S/C21H23N3O/c1-15-9-7-8-12-19(15)14-24-17(3)21(16(2)23-24)22-20(25)13-18-10-5-4-6-11-18/h4-12H,13-14H2,1-3H3,(H,22,25). The topological polar surface area (TPSA) is 46.9 Å². The zero-order valence-corrected chi connectivity index (χ0v) is 14.9. The van der Waals surface area contributed by atoms with Gasteiger partial charge in [0.25, 0.3) is 0 Å². The third-order valence-electron chi connectivity index (χ3n) is 4.43. The molecule has 0 saturated carbocycles. The third-order valence-corrected chi connectivity index (χ3v) is 4.43. The number of hydrogen-bond donors (Lipinski definition) is 1. The fourth-order valence-corrected chi connectivity index (χ4v) is 2.95. The van der Waals surface area contributed by atoms with Crippen LogP contribution >= 0.6 is 0 Å². The van der Waals surface area contributed by atoms with Crippen LogP contribution in [0.5, 0.6) is 0 Å². The number of nitrogens with one attached hydrogen (secondary N) is 1. The molecular weight excluding hydrogens is 310 g/mol. The lowest BCUT2D eigenvalue weighted by Gasteiger charge is -2.09. The summed E-state index contributed by atoms with van der Waals surface area (Å²) in [6.07, 6.45) is 0.364. The quantitative estimate of drug-likeness (QED) is 0.766. The highest BCUT2D eigenvalue weighted by Crippen LogP contribution is 2.21. The van der Waals surface area contributed by atoms with E-state index in [9.17, 15) is 4.79 Å². The number of anilines is 1. The van der Waals surface area contributed by atoms with Crippen LogP contribution in [0.4, 0.5) is 5.69 Å². The monoisotopic (exact) mass is 333 g/mol. The summed E-state index contributed by atoms with van der Waals surface area (Å²) in [6, 6.07) is 18.0. The van der Waals surface area contributed by atoms with E-state index < -0.39 is 0 Å². The van der Waals surface area contributed by atoms with Gasteiger partial charge in [-0.05, 0) is 37.5 Å². The van der Waals surface area contributed by atoms with E-state index in [2.05, 4.69) is 29.5 Å². The lowest BCUT2D eigenvalue weighted by atomic mass is 10.1. The van der Waals surface area contributed by atoms with Gasteiger partial charge in [-0.1, -0.05) is 54.6 Å². The van der Waals surface area contributed by atoms with Gasteiger partial charge in [0, 0.05) is 0 Å². The highest BCUT2D eigenvalue weighted by atomic mass is 16.1. The molecule has 0 unspecified atom stereocenters. The van der Waals surface area contributed by atoms with E-state index in [0.29, 0.717) is 13.0 Å². The molecule has 1 amide bonds. The highest BCUT2D eigenvalue weighted by Gasteiger charge is 2.15. The Morgan fingerprint density at radius 2 is 1.68 bits per heavy atom. The van der Waals surface area contributed by atoms with Crippen LogP contribution in [0.2, 0.25) is 0 Å². The maximum atomic E-state index is 12.4. The molecule has 3 aromatic rings. The van der Waals surface area contributed by atoms with E-state index >= 15 is 0 Å². The van der Waals surface area contributed by atoms with Crippen molar-refractivity contribution in [2.45, 2.75) is 33.7 Å². The highest BCUT2D eigenvalue weighted by molar-refractivity contribution is 5.93. The number of hydrogen-bond acceptors (Lipinski definition) is 2. The second-order valence-electron chi connectivity index (χ2n) is 6.34. The summed E-state index contributed by atoms with van der Waals surface area (Å²) in [7, 11) is 0. The van der Waals surface area contributed by atoms with E-state index in [-0.39, 0.29) is 5.91 Å². The molecule has 128 valence electrons. The molecule has 1 aromatic heterocycles. The third kappa shape index (κ3) is 3.97. The minimum atomic E-state index is -0.0205. The molecule has 2 aromatic carbocycles. The zero-order valence-electron chi connectivity index (χ0n) is 14.9. The van der Waals surface area contributed by atoms with Crippen molar-refractivity contribution in [3.8, 4) is 0 Å². The first-order valence-electron chi connectivity index (χ1n) is 8.47. The van der Waals surface area contributed by atoms with E-state index in [1.807, 2.05) is 61.0 Å². The zero-order chi connectivity index (χ0) is 17.8.